The minimum atomic E-state index is -1.04. The van der Waals surface area contributed by atoms with Crippen LogP contribution >= 0.6 is 0 Å². The Morgan fingerprint density at radius 3 is 2.96 bits per heavy atom. The van der Waals surface area contributed by atoms with Crippen LogP contribution in [0.15, 0.2) is 30.5 Å². The van der Waals surface area contributed by atoms with Crippen molar-refractivity contribution in [3.8, 4) is 5.75 Å². The van der Waals surface area contributed by atoms with Crippen LogP contribution < -0.4 is 9.64 Å². The number of rotatable bonds is 2. The SMILES string of the molecule is CN1Cc2cc(N3CCOc4cc(C(=O)O)cnc43)ccc2C1=O. The number of nitrogens with zero attached hydrogens (tertiary/aromatic N) is 3. The van der Waals surface area contributed by atoms with Gasteiger partial charge in [-0.2, -0.15) is 0 Å². The number of carbonyl (C=O) groups excluding carboxylic acids is 1. The predicted molar refractivity (Wildman–Crippen MR) is 85.9 cm³/mol. The van der Waals surface area contributed by atoms with E-state index in [-0.39, 0.29) is 11.5 Å². The molecule has 7 heteroatoms. The monoisotopic (exact) mass is 325 g/mol. The molecule has 1 N–H and O–H groups in total. The summed E-state index contributed by atoms with van der Waals surface area (Å²) in [6.07, 6.45) is 1.33. The molecule has 0 aliphatic carbocycles. The van der Waals surface area contributed by atoms with Crippen LogP contribution in [0, 0.1) is 0 Å². The number of aromatic carboxylic acids is 1. The first kappa shape index (κ1) is 14.5. The molecule has 3 heterocycles. The van der Waals surface area contributed by atoms with E-state index in [9.17, 15) is 9.59 Å². The number of hydrogen-bond acceptors (Lipinski definition) is 5. The molecule has 1 amide bonds. The topological polar surface area (TPSA) is 83.0 Å². The Morgan fingerprint density at radius 1 is 1.33 bits per heavy atom. The molecule has 0 saturated carbocycles. The first-order valence-corrected chi connectivity index (χ1v) is 7.56. The summed E-state index contributed by atoms with van der Waals surface area (Å²) in [6, 6.07) is 7.19. The molecule has 4 rings (SSSR count). The lowest BCUT2D eigenvalue weighted by Crippen LogP contribution is -2.29. The van der Waals surface area contributed by atoms with Crippen LogP contribution in [0.4, 0.5) is 11.5 Å². The van der Waals surface area contributed by atoms with Gasteiger partial charge in [0.1, 0.15) is 6.61 Å². The van der Waals surface area contributed by atoms with E-state index in [2.05, 4.69) is 4.98 Å². The molecule has 24 heavy (non-hydrogen) atoms. The van der Waals surface area contributed by atoms with Gasteiger partial charge in [0.05, 0.1) is 12.1 Å². The molecule has 0 atom stereocenters. The molecule has 0 unspecified atom stereocenters. The Kier molecular flexibility index (Phi) is 3.16. The van der Waals surface area contributed by atoms with Gasteiger partial charge in [-0.05, 0) is 23.8 Å². The van der Waals surface area contributed by atoms with Gasteiger partial charge in [0.25, 0.3) is 5.91 Å². The van der Waals surface area contributed by atoms with E-state index in [4.69, 9.17) is 9.84 Å². The summed E-state index contributed by atoms with van der Waals surface area (Å²) in [5.41, 5.74) is 2.72. The average Bonchev–Trinajstić information content (AvgIpc) is 2.87. The van der Waals surface area contributed by atoms with E-state index in [1.165, 1.54) is 12.3 Å². The maximum atomic E-state index is 12.0. The lowest BCUT2D eigenvalue weighted by atomic mass is 10.1. The summed E-state index contributed by atoms with van der Waals surface area (Å²) in [4.78, 5) is 31.0. The van der Waals surface area contributed by atoms with Gasteiger partial charge in [-0.3, -0.25) is 4.79 Å². The van der Waals surface area contributed by atoms with Crippen LogP contribution in [-0.4, -0.2) is 47.1 Å². The van der Waals surface area contributed by atoms with Crippen molar-refractivity contribution in [1.82, 2.24) is 9.88 Å². The zero-order valence-corrected chi connectivity index (χ0v) is 13.0. The van der Waals surface area contributed by atoms with Crippen LogP contribution in [0.25, 0.3) is 0 Å². The number of aromatic nitrogens is 1. The van der Waals surface area contributed by atoms with Gasteiger partial charge < -0.3 is 19.6 Å². The molecule has 1 aromatic heterocycles. The van der Waals surface area contributed by atoms with Crippen molar-refractivity contribution < 1.29 is 19.4 Å². The molecular formula is C17H15N3O4. The normalized spacial score (nSPS) is 15.8. The van der Waals surface area contributed by atoms with Gasteiger partial charge >= 0.3 is 5.97 Å². The molecule has 2 aliphatic heterocycles. The summed E-state index contributed by atoms with van der Waals surface area (Å²) in [6.45, 7) is 1.63. The largest absolute Gasteiger partial charge is 0.488 e. The van der Waals surface area contributed by atoms with E-state index in [0.29, 0.717) is 31.3 Å². The number of amides is 1. The second kappa shape index (κ2) is 5.23. The van der Waals surface area contributed by atoms with Gasteiger partial charge in [-0.15, -0.1) is 0 Å². The Morgan fingerprint density at radius 2 is 2.17 bits per heavy atom. The fourth-order valence-corrected chi connectivity index (χ4v) is 3.09. The van der Waals surface area contributed by atoms with E-state index in [1.807, 2.05) is 23.1 Å². The third-order valence-electron chi connectivity index (χ3n) is 4.29. The Labute approximate surface area is 138 Å². The third-order valence-corrected chi connectivity index (χ3v) is 4.29. The molecule has 0 bridgehead atoms. The minimum Gasteiger partial charge on any atom is -0.488 e. The molecule has 0 fully saturated rings. The van der Waals surface area contributed by atoms with Crippen molar-refractivity contribution in [2.24, 2.45) is 0 Å². The van der Waals surface area contributed by atoms with Gasteiger partial charge in [-0.25, -0.2) is 9.78 Å². The fraction of sp³-hybridized carbons (Fsp3) is 0.235. The molecule has 122 valence electrons. The maximum Gasteiger partial charge on any atom is 0.337 e. The highest BCUT2D eigenvalue weighted by Crippen LogP contribution is 2.36. The summed E-state index contributed by atoms with van der Waals surface area (Å²) in [7, 11) is 1.78. The first-order valence-electron chi connectivity index (χ1n) is 7.56. The van der Waals surface area contributed by atoms with E-state index < -0.39 is 5.97 Å². The summed E-state index contributed by atoms with van der Waals surface area (Å²) in [5, 5.41) is 9.08. The van der Waals surface area contributed by atoms with Gasteiger partial charge in [-0.1, -0.05) is 0 Å². The molecule has 2 aliphatic rings. The number of carboxylic acids is 1. The number of carbonyl (C=O) groups is 2. The van der Waals surface area contributed by atoms with Crippen LogP contribution in [0.2, 0.25) is 0 Å². The lowest BCUT2D eigenvalue weighted by molar-refractivity contribution is 0.0695. The number of ether oxygens (including phenoxy) is 1. The molecule has 1 aromatic carbocycles. The summed E-state index contributed by atoms with van der Waals surface area (Å²) < 4.78 is 5.56. The molecular weight excluding hydrogens is 310 g/mol. The second-order valence-electron chi connectivity index (χ2n) is 5.85. The molecule has 2 aromatic rings. The van der Waals surface area contributed by atoms with E-state index >= 15 is 0 Å². The van der Waals surface area contributed by atoms with Crippen LogP contribution in [0.3, 0.4) is 0 Å². The zero-order valence-electron chi connectivity index (χ0n) is 13.0. The van der Waals surface area contributed by atoms with E-state index in [0.717, 1.165) is 16.8 Å². The van der Waals surface area contributed by atoms with Gasteiger partial charge in [0, 0.05) is 37.1 Å². The maximum absolute atomic E-state index is 12.0. The van der Waals surface area contributed by atoms with Crippen LogP contribution in [-0.2, 0) is 6.54 Å². The number of hydrogen-bond donors (Lipinski definition) is 1. The summed E-state index contributed by atoms with van der Waals surface area (Å²) in [5.74, 6) is 0.0342. The average molecular weight is 325 g/mol. The number of anilines is 2. The van der Waals surface area contributed by atoms with E-state index in [1.54, 1.807) is 11.9 Å². The zero-order chi connectivity index (χ0) is 16.8. The smallest absolute Gasteiger partial charge is 0.337 e. The highest BCUT2D eigenvalue weighted by molar-refractivity contribution is 5.98. The Balaban J connectivity index is 1.74. The van der Waals surface area contributed by atoms with Crippen LogP contribution in [0.1, 0.15) is 26.3 Å². The predicted octanol–water partition coefficient (Wildman–Crippen LogP) is 1.90. The van der Waals surface area contributed by atoms with Crippen molar-refractivity contribution in [3.63, 3.8) is 0 Å². The Bertz CT molecular complexity index is 865. The highest BCUT2D eigenvalue weighted by Gasteiger charge is 2.27. The van der Waals surface area contributed by atoms with Crippen molar-refractivity contribution in [1.29, 1.82) is 0 Å². The van der Waals surface area contributed by atoms with Crippen molar-refractivity contribution in [3.05, 3.63) is 47.2 Å². The van der Waals surface area contributed by atoms with Crippen molar-refractivity contribution >= 4 is 23.4 Å². The third kappa shape index (κ3) is 2.17. The number of benzene rings is 1. The Hall–Kier alpha value is -3.09. The number of pyridine rings is 1. The van der Waals surface area contributed by atoms with Crippen LogP contribution in [0.5, 0.6) is 5.75 Å². The standard InChI is InChI=1S/C17H15N3O4/c1-19-9-11-6-12(2-3-13(11)16(19)21)20-4-5-24-14-7-10(17(22)23)8-18-15(14)20/h2-3,6-8H,4-5,9H2,1H3,(H,22,23). The number of fused-ring (bicyclic) bond motifs is 2. The minimum absolute atomic E-state index is 0.0307. The molecule has 0 spiro atoms. The van der Waals surface area contributed by atoms with Gasteiger partial charge in [0.15, 0.2) is 11.6 Å². The molecule has 0 saturated heterocycles. The number of carboxylic acid groups (broad SMARTS) is 1. The summed E-state index contributed by atoms with van der Waals surface area (Å²) >= 11 is 0. The second-order valence-corrected chi connectivity index (χ2v) is 5.85. The van der Waals surface area contributed by atoms with Crippen molar-refractivity contribution in [2.45, 2.75) is 6.54 Å². The molecule has 0 radical (unpaired) electrons. The quantitative estimate of drug-likeness (QED) is 0.908. The van der Waals surface area contributed by atoms with Gasteiger partial charge in [0.2, 0.25) is 0 Å². The fourth-order valence-electron chi connectivity index (χ4n) is 3.09. The first-order chi connectivity index (χ1) is 11.5. The molecule has 7 nitrogen and oxygen atoms in total. The highest BCUT2D eigenvalue weighted by atomic mass is 16.5. The van der Waals surface area contributed by atoms with Crippen molar-refractivity contribution in [2.75, 3.05) is 25.1 Å². The lowest BCUT2D eigenvalue weighted by Gasteiger charge is -2.30.